The molecule has 0 bridgehead atoms. The Morgan fingerprint density at radius 1 is 0.870 bits per heavy atom. The molecule has 4 heteroatoms. The molecule has 23 heavy (non-hydrogen) atoms. The predicted molar refractivity (Wildman–Crippen MR) is 103 cm³/mol. The zero-order chi connectivity index (χ0) is 16.8. The third kappa shape index (κ3) is 2.91. The van der Waals surface area contributed by atoms with Gasteiger partial charge in [-0.1, -0.05) is 49.8 Å². The van der Waals surface area contributed by atoms with Gasteiger partial charge in [-0.3, -0.25) is 9.59 Å². The molecule has 0 saturated heterocycles. The fourth-order valence-electron chi connectivity index (χ4n) is 2.56. The van der Waals surface area contributed by atoms with Crippen LogP contribution in [0.5, 0.6) is 0 Å². The molecule has 114 valence electrons. The number of rotatable bonds is 0. The Bertz CT molecular complexity index is 911. The van der Waals surface area contributed by atoms with Gasteiger partial charge in [-0.2, -0.15) is 0 Å². The first-order valence-electron chi connectivity index (χ1n) is 7.34. The monoisotopic (exact) mass is 430 g/mol. The van der Waals surface area contributed by atoms with E-state index in [9.17, 15) is 9.59 Å². The topological polar surface area (TPSA) is 34.1 Å². The first kappa shape index (κ1) is 16.2. The summed E-state index contributed by atoms with van der Waals surface area (Å²) in [5, 5.41) is 0. The molecule has 0 N–H and O–H groups in total. The van der Waals surface area contributed by atoms with E-state index in [1.54, 1.807) is 18.2 Å². The molecule has 1 aliphatic rings. The summed E-state index contributed by atoms with van der Waals surface area (Å²) in [4.78, 5) is 25.8. The molecule has 0 radical (unpaired) electrons. The van der Waals surface area contributed by atoms with Crippen molar-refractivity contribution in [2.45, 2.75) is 19.6 Å². The third-order valence-corrected chi connectivity index (χ3v) is 5.37. The summed E-state index contributed by atoms with van der Waals surface area (Å²) in [6, 6.07) is 10.7. The predicted octanol–water partition coefficient (Wildman–Crippen LogP) is 4.30. The molecule has 0 amide bonds. The van der Waals surface area contributed by atoms with Gasteiger partial charge in [0.2, 0.25) is 0 Å². The number of carbonyl (C=O) groups is 2. The molecule has 2 aromatic carbocycles. The molecule has 0 saturated carbocycles. The number of ketones is 2. The average Bonchev–Trinajstić information content (AvgIpc) is 2.49. The van der Waals surface area contributed by atoms with Gasteiger partial charge < -0.3 is 0 Å². The Labute approximate surface area is 150 Å². The minimum Gasteiger partial charge on any atom is -0.289 e. The van der Waals surface area contributed by atoms with Crippen molar-refractivity contribution in [3.05, 3.63) is 67.8 Å². The van der Waals surface area contributed by atoms with Gasteiger partial charge >= 0.3 is 0 Å². The molecule has 0 fully saturated rings. The maximum Gasteiger partial charge on any atom is 0.196 e. The molecule has 0 aliphatic heterocycles. The van der Waals surface area contributed by atoms with Gasteiger partial charge in [-0.15, -0.1) is 5.54 Å². The van der Waals surface area contributed by atoms with Crippen LogP contribution in [0.1, 0.15) is 37.4 Å². The van der Waals surface area contributed by atoms with Crippen LogP contribution >= 0.6 is 22.6 Å². The maximum atomic E-state index is 13.0. The minimum atomic E-state index is -1.57. The lowest BCUT2D eigenvalue weighted by atomic mass is 9.82. The zero-order valence-electron chi connectivity index (χ0n) is 13.2. The molecule has 0 aromatic heterocycles. The first-order chi connectivity index (χ1) is 10.8. The SMILES string of the molecule is C[Si](C)(C)C#Cc1cccc2c1C(=O)c1c(I)cccc1C2=O. The summed E-state index contributed by atoms with van der Waals surface area (Å²) in [5.74, 6) is 2.96. The second kappa shape index (κ2) is 5.73. The summed E-state index contributed by atoms with van der Waals surface area (Å²) >= 11 is 2.11. The van der Waals surface area contributed by atoms with Gasteiger partial charge in [0.05, 0.1) is 0 Å². The van der Waals surface area contributed by atoms with E-state index in [1.807, 2.05) is 18.2 Å². The fourth-order valence-corrected chi connectivity index (χ4v) is 3.81. The van der Waals surface area contributed by atoms with E-state index in [1.165, 1.54) is 0 Å². The van der Waals surface area contributed by atoms with Crippen molar-refractivity contribution in [2.75, 3.05) is 0 Å². The van der Waals surface area contributed by atoms with Crippen LogP contribution in [0.2, 0.25) is 19.6 Å². The highest BCUT2D eigenvalue weighted by Gasteiger charge is 2.32. The van der Waals surface area contributed by atoms with Crippen molar-refractivity contribution < 1.29 is 9.59 Å². The molecule has 1 aliphatic carbocycles. The largest absolute Gasteiger partial charge is 0.289 e. The molecule has 2 nitrogen and oxygen atoms in total. The number of hydrogen-bond donors (Lipinski definition) is 0. The Hall–Kier alpha value is -1.71. The molecule has 0 unspecified atom stereocenters. The lowest BCUT2D eigenvalue weighted by molar-refractivity contribution is 0.0978. The van der Waals surface area contributed by atoms with Crippen molar-refractivity contribution in [1.82, 2.24) is 0 Å². The van der Waals surface area contributed by atoms with Crippen LogP contribution in [0.25, 0.3) is 0 Å². The van der Waals surface area contributed by atoms with Gasteiger partial charge in [0.1, 0.15) is 8.07 Å². The van der Waals surface area contributed by atoms with Crippen LogP contribution in [0.4, 0.5) is 0 Å². The molecule has 0 atom stereocenters. The van der Waals surface area contributed by atoms with Gasteiger partial charge in [0.25, 0.3) is 0 Å². The summed E-state index contributed by atoms with van der Waals surface area (Å²) < 4.78 is 0.803. The van der Waals surface area contributed by atoms with Crippen LogP contribution in [0, 0.1) is 15.0 Å². The summed E-state index contributed by atoms with van der Waals surface area (Å²) in [6.45, 7) is 6.46. The number of halogens is 1. The Morgan fingerprint density at radius 2 is 1.48 bits per heavy atom. The van der Waals surface area contributed by atoms with Crippen molar-refractivity contribution in [3.63, 3.8) is 0 Å². The maximum absolute atomic E-state index is 13.0. The summed E-state index contributed by atoms with van der Waals surface area (Å²) in [6.07, 6.45) is 0. The molecular weight excluding hydrogens is 415 g/mol. The number of carbonyl (C=O) groups excluding carboxylic acids is 2. The number of hydrogen-bond acceptors (Lipinski definition) is 2. The van der Waals surface area contributed by atoms with Crippen molar-refractivity contribution in [1.29, 1.82) is 0 Å². The quantitative estimate of drug-likeness (QED) is 0.303. The van der Waals surface area contributed by atoms with Crippen molar-refractivity contribution in [2.24, 2.45) is 0 Å². The summed E-state index contributed by atoms with van der Waals surface area (Å²) in [7, 11) is -1.57. The molecule has 0 heterocycles. The van der Waals surface area contributed by atoms with Gasteiger partial charge in [-0.05, 0) is 34.7 Å². The highest BCUT2D eigenvalue weighted by atomic mass is 127. The van der Waals surface area contributed by atoms with Crippen LogP contribution in [0.15, 0.2) is 36.4 Å². The van der Waals surface area contributed by atoms with Crippen LogP contribution in [0.3, 0.4) is 0 Å². The Balaban J connectivity index is 2.26. The van der Waals surface area contributed by atoms with E-state index in [0.29, 0.717) is 27.8 Å². The van der Waals surface area contributed by atoms with E-state index in [0.717, 1.165) is 3.57 Å². The molecular formula is C19H15IO2Si. The van der Waals surface area contributed by atoms with E-state index in [2.05, 4.69) is 53.7 Å². The van der Waals surface area contributed by atoms with E-state index < -0.39 is 8.07 Å². The van der Waals surface area contributed by atoms with E-state index in [4.69, 9.17) is 0 Å². The lowest BCUT2D eigenvalue weighted by Gasteiger charge is -2.19. The normalized spacial score (nSPS) is 13.0. The number of benzene rings is 2. The van der Waals surface area contributed by atoms with Crippen LogP contribution in [-0.2, 0) is 0 Å². The van der Waals surface area contributed by atoms with Gasteiger partial charge in [0.15, 0.2) is 11.6 Å². The molecule has 0 spiro atoms. The highest BCUT2D eigenvalue weighted by molar-refractivity contribution is 14.1. The second-order valence-corrected chi connectivity index (χ2v) is 12.5. The van der Waals surface area contributed by atoms with Crippen LogP contribution < -0.4 is 0 Å². The lowest BCUT2D eigenvalue weighted by Crippen LogP contribution is -2.23. The van der Waals surface area contributed by atoms with Crippen molar-refractivity contribution in [3.8, 4) is 11.5 Å². The first-order valence-corrected chi connectivity index (χ1v) is 11.9. The van der Waals surface area contributed by atoms with Gasteiger partial charge in [-0.25, -0.2) is 0 Å². The highest BCUT2D eigenvalue weighted by Crippen LogP contribution is 2.31. The zero-order valence-corrected chi connectivity index (χ0v) is 16.3. The smallest absolute Gasteiger partial charge is 0.196 e. The van der Waals surface area contributed by atoms with Crippen LogP contribution in [-0.4, -0.2) is 19.6 Å². The third-order valence-electron chi connectivity index (χ3n) is 3.59. The fraction of sp³-hybridized carbons (Fsp3) is 0.158. The van der Waals surface area contributed by atoms with Gasteiger partial charge in [0, 0.05) is 31.4 Å². The summed E-state index contributed by atoms with van der Waals surface area (Å²) in [5.41, 5.74) is 5.87. The standard InChI is InChI=1S/C19H15IO2Si/c1-23(2,3)11-10-12-6-4-7-13-16(12)19(22)17-14(18(13)21)8-5-9-15(17)20/h4-9H,1-3H3. The minimum absolute atomic E-state index is 0.0928. The number of fused-ring (bicyclic) bond motifs is 2. The van der Waals surface area contributed by atoms with E-state index >= 15 is 0 Å². The van der Waals surface area contributed by atoms with Crippen molar-refractivity contribution >= 4 is 42.2 Å². The second-order valence-electron chi connectivity index (χ2n) is 6.55. The Morgan fingerprint density at radius 3 is 2.13 bits per heavy atom. The Kier molecular flexibility index (Phi) is 4.03. The molecule has 2 aromatic rings. The average molecular weight is 430 g/mol. The molecule has 3 rings (SSSR count). The van der Waals surface area contributed by atoms with E-state index in [-0.39, 0.29) is 11.6 Å².